The van der Waals surface area contributed by atoms with E-state index in [0.29, 0.717) is 12.8 Å². The fraction of sp³-hybridized carbons (Fsp3) is 0.417. The molecule has 6 nitrogen and oxygen atoms in total. The van der Waals surface area contributed by atoms with Crippen LogP contribution in [0.5, 0.6) is 0 Å². The molecule has 1 aromatic rings. The van der Waals surface area contributed by atoms with E-state index in [9.17, 15) is 9.59 Å². The number of amides is 1. The summed E-state index contributed by atoms with van der Waals surface area (Å²) in [7, 11) is 1.29. The van der Waals surface area contributed by atoms with Gasteiger partial charge in [0.25, 0.3) is 0 Å². The summed E-state index contributed by atoms with van der Waals surface area (Å²) in [5.41, 5.74) is 0.967. The molecule has 6 heteroatoms. The van der Waals surface area contributed by atoms with Crippen LogP contribution in [0, 0.1) is 0 Å². The maximum atomic E-state index is 11.5. The fourth-order valence-electron chi connectivity index (χ4n) is 1.37. The molecule has 0 spiro atoms. The topological polar surface area (TPSA) is 88.5 Å². The van der Waals surface area contributed by atoms with Gasteiger partial charge in [0.2, 0.25) is 5.91 Å². The van der Waals surface area contributed by atoms with Crippen molar-refractivity contribution in [1.29, 1.82) is 0 Å². The summed E-state index contributed by atoms with van der Waals surface area (Å²) < 4.78 is 4.70. The van der Waals surface area contributed by atoms with Gasteiger partial charge in [-0.3, -0.25) is 9.78 Å². The van der Waals surface area contributed by atoms with Crippen molar-refractivity contribution < 1.29 is 19.4 Å². The van der Waals surface area contributed by atoms with E-state index in [2.05, 4.69) is 10.3 Å². The normalized spacial score (nSPS) is 11.8. The number of aromatic nitrogens is 1. The summed E-state index contributed by atoms with van der Waals surface area (Å²) in [6.45, 7) is -0.0301. The number of hydrogen-bond donors (Lipinski definition) is 2. The van der Waals surface area contributed by atoms with Crippen molar-refractivity contribution in [3.05, 3.63) is 30.1 Å². The average Bonchev–Trinajstić information content (AvgIpc) is 2.38. The minimum absolute atomic E-state index is 0.0301. The molecular weight excluding hydrogens is 236 g/mol. The summed E-state index contributed by atoms with van der Waals surface area (Å²) in [6, 6.07) is 3.69. The molecule has 1 unspecified atom stereocenters. The highest BCUT2D eigenvalue weighted by Crippen LogP contribution is 2.00. The van der Waals surface area contributed by atoms with Gasteiger partial charge < -0.3 is 15.2 Å². The largest absolute Gasteiger partial charge is 0.479 e. The molecule has 1 amide bonds. The molecule has 0 bridgehead atoms. The molecule has 98 valence electrons. The number of carboxylic acids is 1. The number of nitrogens with zero attached hydrogens (tertiary/aromatic N) is 1. The molecule has 0 saturated carbocycles. The summed E-state index contributed by atoms with van der Waals surface area (Å²) in [5, 5.41) is 11.2. The molecule has 18 heavy (non-hydrogen) atoms. The first-order valence-corrected chi connectivity index (χ1v) is 5.54. The Hall–Kier alpha value is -1.95. The number of aryl methyl sites for hydroxylation is 1. The highest BCUT2D eigenvalue weighted by Gasteiger charge is 2.16. The van der Waals surface area contributed by atoms with Crippen LogP contribution >= 0.6 is 0 Å². The SMILES string of the molecule is COC(CNC(=O)CCc1cccnc1)C(=O)O. The van der Waals surface area contributed by atoms with Gasteiger partial charge in [0, 0.05) is 25.9 Å². The van der Waals surface area contributed by atoms with Crippen LogP contribution in [0.1, 0.15) is 12.0 Å². The van der Waals surface area contributed by atoms with Gasteiger partial charge in [0.1, 0.15) is 0 Å². The lowest BCUT2D eigenvalue weighted by Gasteiger charge is -2.11. The zero-order chi connectivity index (χ0) is 13.4. The van der Waals surface area contributed by atoms with Crippen LogP contribution in [-0.4, -0.2) is 41.7 Å². The molecule has 1 aromatic heterocycles. The number of nitrogens with one attached hydrogen (secondary N) is 1. The number of carbonyl (C=O) groups excluding carboxylic acids is 1. The maximum absolute atomic E-state index is 11.5. The van der Waals surface area contributed by atoms with Gasteiger partial charge in [-0.15, -0.1) is 0 Å². The summed E-state index contributed by atoms with van der Waals surface area (Å²) in [5.74, 6) is -1.30. The molecule has 0 radical (unpaired) electrons. The van der Waals surface area contributed by atoms with Crippen molar-refractivity contribution in [2.45, 2.75) is 18.9 Å². The van der Waals surface area contributed by atoms with Crippen LogP contribution in [0.4, 0.5) is 0 Å². The highest BCUT2D eigenvalue weighted by molar-refractivity contribution is 5.78. The second kappa shape index (κ2) is 7.39. The molecular formula is C12H16N2O4. The lowest BCUT2D eigenvalue weighted by atomic mass is 10.1. The third kappa shape index (κ3) is 4.92. The minimum Gasteiger partial charge on any atom is -0.479 e. The summed E-state index contributed by atoms with van der Waals surface area (Å²) in [4.78, 5) is 26.1. The number of aliphatic carboxylic acids is 1. The Morgan fingerprint density at radius 1 is 1.56 bits per heavy atom. The second-order valence-corrected chi connectivity index (χ2v) is 3.73. The number of hydrogen-bond acceptors (Lipinski definition) is 4. The lowest BCUT2D eigenvalue weighted by molar-refractivity contribution is -0.148. The first-order valence-electron chi connectivity index (χ1n) is 5.54. The van der Waals surface area contributed by atoms with Gasteiger partial charge in [0.15, 0.2) is 6.10 Å². The Balaban J connectivity index is 2.28. The van der Waals surface area contributed by atoms with Gasteiger partial charge in [-0.1, -0.05) is 6.07 Å². The first-order chi connectivity index (χ1) is 8.63. The van der Waals surface area contributed by atoms with Gasteiger partial charge in [-0.2, -0.15) is 0 Å². The van der Waals surface area contributed by atoms with Crippen molar-refractivity contribution in [1.82, 2.24) is 10.3 Å². The monoisotopic (exact) mass is 252 g/mol. The molecule has 0 aliphatic heterocycles. The third-order valence-corrected chi connectivity index (χ3v) is 2.41. The number of pyridine rings is 1. The first kappa shape index (κ1) is 14.1. The van der Waals surface area contributed by atoms with Crippen LogP contribution in [0.2, 0.25) is 0 Å². The zero-order valence-electron chi connectivity index (χ0n) is 10.1. The number of carboxylic acid groups (broad SMARTS) is 1. The smallest absolute Gasteiger partial charge is 0.334 e. The molecule has 0 saturated heterocycles. The van der Waals surface area contributed by atoms with E-state index in [1.807, 2.05) is 6.07 Å². The summed E-state index contributed by atoms with van der Waals surface area (Å²) >= 11 is 0. The minimum atomic E-state index is -1.09. The van der Waals surface area contributed by atoms with Crippen molar-refractivity contribution in [2.75, 3.05) is 13.7 Å². The average molecular weight is 252 g/mol. The number of ether oxygens (including phenoxy) is 1. The van der Waals surface area contributed by atoms with Crippen LogP contribution in [-0.2, 0) is 20.7 Å². The standard InChI is InChI=1S/C12H16N2O4/c1-18-10(12(16)17)8-14-11(15)5-4-9-3-2-6-13-7-9/h2-3,6-7,10H,4-5,8H2,1H3,(H,14,15)(H,16,17). The van der Waals surface area contributed by atoms with Gasteiger partial charge in [-0.05, 0) is 18.1 Å². The van der Waals surface area contributed by atoms with E-state index < -0.39 is 12.1 Å². The Morgan fingerprint density at radius 2 is 2.33 bits per heavy atom. The molecule has 0 aliphatic carbocycles. The molecule has 1 heterocycles. The molecule has 1 rings (SSSR count). The Bertz CT molecular complexity index is 394. The highest BCUT2D eigenvalue weighted by atomic mass is 16.5. The predicted octanol–water partition coefficient (Wildman–Crippen LogP) is 0.230. The number of rotatable bonds is 7. The van der Waals surface area contributed by atoms with Crippen LogP contribution < -0.4 is 5.32 Å². The van der Waals surface area contributed by atoms with Crippen LogP contribution in [0.25, 0.3) is 0 Å². The van der Waals surface area contributed by atoms with Crippen molar-refractivity contribution in [3.8, 4) is 0 Å². The van der Waals surface area contributed by atoms with E-state index in [4.69, 9.17) is 9.84 Å². The predicted molar refractivity (Wildman–Crippen MR) is 64.0 cm³/mol. The van der Waals surface area contributed by atoms with Crippen molar-refractivity contribution in [2.24, 2.45) is 0 Å². The molecule has 2 N–H and O–H groups in total. The second-order valence-electron chi connectivity index (χ2n) is 3.73. The molecule has 1 atom stereocenters. The Labute approximate surface area is 105 Å². The van der Waals surface area contributed by atoms with E-state index in [1.54, 1.807) is 18.5 Å². The molecule has 0 aromatic carbocycles. The number of methoxy groups -OCH3 is 1. The lowest BCUT2D eigenvalue weighted by Crippen LogP contribution is -2.37. The van der Waals surface area contributed by atoms with E-state index in [0.717, 1.165) is 5.56 Å². The van der Waals surface area contributed by atoms with E-state index >= 15 is 0 Å². The fourth-order valence-corrected chi connectivity index (χ4v) is 1.37. The van der Waals surface area contributed by atoms with E-state index in [-0.39, 0.29) is 12.5 Å². The van der Waals surface area contributed by atoms with E-state index in [1.165, 1.54) is 7.11 Å². The summed E-state index contributed by atoms with van der Waals surface area (Å²) in [6.07, 6.45) is 3.22. The van der Waals surface area contributed by atoms with Gasteiger partial charge >= 0.3 is 5.97 Å². The zero-order valence-corrected chi connectivity index (χ0v) is 10.1. The van der Waals surface area contributed by atoms with Crippen LogP contribution in [0.3, 0.4) is 0 Å². The third-order valence-electron chi connectivity index (χ3n) is 2.41. The van der Waals surface area contributed by atoms with Crippen molar-refractivity contribution in [3.63, 3.8) is 0 Å². The Morgan fingerprint density at radius 3 is 2.89 bits per heavy atom. The Kier molecular flexibility index (Phi) is 5.79. The van der Waals surface area contributed by atoms with Crippen LogP contribution in [0.15, 0.2) is 24.5 Å². The van der Waals surface area contributed by atoms with Crippen molar-refractivity contribution >= 4 is 11.9 Å². The quantitative estimate of drug-likeness (QED) is 0.725. The van der Waals surface area contributed by atoms with Gasteiger partial charge in [0.05, 0.1) is 6.54 Å². The molecule has 0 aliphatic rings. The maximum Gasteiger partial charge on any atom is 0.334 e. The number of carbonyl (C=O) groups is 2. The van der Waals surface area contributed by atoms with Gasteiger partial charge in [-0.25, -0.2) is 4.79 Å². The molecule has 0 fully saturated rings.